The first-order chi connectivity index (χ1) is 24.1. The lowest BCUT2D eigenvalue weighted by molar-refractivity contribution is -0.0564. The molecule has 0 radical (unpaired) electrons. The third-order valence-electron chi connectivity index (χ3n) is 10.3. The molecule has 262 valence electrons. The Morgan fingerprint density at radius 1 is 0.840 bits per heavy atom. The third kappa shape index (κ3) is 6.53. The van der Waals surface area contributed by atoms with Crippen LogP contribution in [0.3, 0.4) is 0 Å². The first-order valence-electron chi connectivity index (χ1n) is 17.6. The molecule has 12 nitrogen and oxygen atoms in total. The van der Waals surface area contributed by atoms with Gasteiger partial charge in [-0.3, -0.25) is 4.98 Å². The fraction of sp³-hybridized carbons (Fsp3) is 0.432. The van der Waals surface area contributed by atoms with Crippen LogP contribution in [0.5, 0.6) is 5.75 Å². The first-order valence-corrected chi connectivity index (χ1v) is 20.2. The van der Waals surface area contributed by atoms with Gasteiger partial charge in [-0.05, 0) is 76.0 Å². The molecule has 5 heterocycles. The number of rotatable bonds is 9. The summed E-state index contributed by atoms with van der Waals surface area (Å²) in [6.07, 6.45) is 4.23. The largest absolute Gasteiger partial charge is 0.494 e. The maximum Gasteiger partial charge on any atom is 0.231 e. The minimum Gasteiger partial charge on any atom is -0.494 e. The molecule has 0 bridgehead atoms. The van der Waals surface area contributed by atoms with Crippen molar-refractivity contribution in [3.8, 4) is 5.75 Å². The summed E-state index contributed by atoms with van der Waals surface area (Å²) in [6, 6.07) is 14.4. The number of ether oxygens (including phenoxy) is 1. The molecule has 0 amide bonds. The number of pyridine rings is 1. The van der Waals surface area contributed by atoms with Crippen LogP contribution in [0.25, 0.3) is 21.9 Å². The highest BCUT2D eigenvalue weighted by Crippen LogP contribution is 2.44. The highest BCUT2D eigenvalue weighted by molar-refractivity contribution is 7.71. The average Bonchev–Trinajstić information content (AvgIpc) is 3.85. The molecule has 2 aliphatic heterocycles. The van der Waals surface area contributed by atoms with E-state index in [-0.39, 0.29) is 0 Å². The first kappa shape index (κ1) is 33.0. The number of aromatic amines is 1. The van der Waals surface area contributed by atoms with E-state index in [1.807, 2.05) is 37.7 Å². The van der Waals surface area contributed by atoms with Crippen molar-refractivity contribution in [1.29, 1.82) is 0 Å². The molecule has 13 heteroatoms. The number of aromatic nitrogens is 4. The predicted octanol–water partition coefficient (Wildman–Crippen LogP) is 5.72. The monoisotopic (exact) mass is 694 g/mol. The summed E-state index contributed by atoms with van der Waals surface area (Å²) in [5.74, 6) is 2.31. The van der Waals surface area contributed by atoms with Crippen molar-refractivity contribution in [2.24, 2.45) is 0 Å². The molecule has 2 saturated heterocycles. The van der Waals surface area contributed by atoms with Gasteiger partial charge in [-0.15, -0.1) is 0 Å². The standard InChI is InChI=1S/C37H47N10O2P/c1-24-22-31(33(49-3)23-32(24)45-16-20-47(21-17-45)46-18-14-44(2)15-19-46)41-37-42-35-27(12-13-38-35)36(43-37)40-30-11-10-29-26(34(30)50(4,5)48)8-9-28(39-29)25-6-7-25/h8-13,22-23,25H,6-7,14-21H2,1-5H3,(H3,38,40,41,42,43). The van der Waals surface area contributed by atoms with E-state index >= 15 is 0 Å². The van der Waals surface area contributed by atoms with Crippen LogP contribution < -0.4 is 25.6 Å². The van der Waals surface area contributed by atoms with Crippen LogP contribution in [0.2, 0.25) is 0 Å². The summed E-state index contributed by atoms with van der Waals surface area (Å²) in [4.78, 5) is 22.8. The summed E-state index contributed by atoms with van der Waals surface area (Å²) < 4.78 is 19.7. The summed E-state index contributed by atoms with van der Waals surface area (Å²) in [5.41, 5.74) is 6.56. The van der Waals surface area contributed by atoms with Crippen LogP contribution in [0.15, 0.2) is 48.7 Å². The molecule has 3 aliphatic rings. The Labute approximate surface area is 293 Å². The summed E-state index contributed by atoms with van der Waals surface area (Å²) in [5, 5.41) is 14.5. The fourth-order valence-electron chi connectivity index (χ4n) is 7.42. The number of fused-ring (bicyclic) bond motifs is 2. The number of aryl methyl sites for hydroxylation is 1. The van der Waals surface area contributed by atoms with E-state index in [0.717, 1.165) is 102 Å². The van der Waals surface area contributed by atoms with Crippen molar-refractivity contribution in [1.82, 2.24) is 34.9 Å². The summed E-state index contributed by atoms with van der Waals surface area (Å²) in [6.45, 7) is 14.1. The number of likely N-dealkylation sites (N-methyl/N-ethyl adjacent to an activating group) is 1. The lowest BCUT2D eigenvalue weighted by atomic mass is 10.1. The van der Waals surface area contributed by atoms with Crippen molar-refractivity contribution in [2.75, 3.05) is 95.4 Å². The lowest BCUT2D eigenvalue weighted by Gasteiger charge is -2.45. The van der Waals surface area contributed by atoms with Gasteiger partial charge in [-0.25, -0.2) is 10.0 Å². The zero-order chi connectivity index (χ0) is 34.6. The van der Waals surface area contributed by atoms with Gasteiger partial charge in [0.2, 0.25) is 5.95 Å². The molecule has 0 atom stereocenters. The number of benzene rings is 2. The van der Waals surface area contributed by atoms with Crippen LogP contribution in [-0.2, 0) is 4.57 Å². The SMILES string of the molecule is COc1cc(N2CCN(N3CCN(C)CC3)CC2)c(C)cc1Nc1nc(Nc2ccc3nc(C4CC4)ccc3c2P(C)(C)=O)c2cc[nH]c2n1. The Morgan fingerprint density at radius 2 is 1.58 bits per heavy atom. The van der Waals surface area contributed by atoms with Crippen molar-refractivity contribution in [3.05, 3.63) is 59.9 Å². The zero-order valence-electron chi connectivity index (χ0n) is 29.7. The van der Waals surface area contributed by atoms with Crippen LogP contribution in [0.4, 0.5) is 28.8 Å². The Balaban J connectivity index is 1.06. The summed E-state index contributed by atoms with van der Waals surface area (Å²) >= 11 is 0. The molecule has 3 fully saturated rings. The average molecular weight is 695 g/mol. The van der Waals surface area contributed by atoms with Gasteiger partial charge < -0.3 is 34.7 Å². The van der Waals surface area contributed by atoms with E-state index in [2.05, 4.69) is 73.7 Å². The molecular weight excluding hydrogens is 647 g/mol. The van der Waals surface area contributed by atoms with Crippen LogP contribution >= 0.6 is 7.14 Å². The second-order valence-electron chi connectivity index (χ2n) is 14.3. The Bertz CT molecular complexity index is 2090. The van der Waals surface area contributed by atoms with Crippen molar-refractivity contribution >= 4 is 63.2 Å². The maximum atomic E-state index is 13.8. The van der Waals surface area contributed by atoms with Gasteiger partial charge in [-0.2, -0.15) is 9.97 Å². The van der Waals surface area contributed by atoms with Crippen molar-refractivity contribution in [3.63, 3.8) is 0 Å². The van der Waals surface area contributed by atoms with E-state index in [1.165, 1.54) is 18.5 Å². The molecule has 1 aliphatic carbocycles. The van der Waals surface area contributed by atoms with E-state index in [1.54, 1.807) is 7.11 Å². The molecule has 8 rings (SSSR count). The van der Waals surface area contributed by atoms with E-state index in [4.69, 9.17) is 19.7 Å². The van der Waals surface area contributed by atoms with Gasteiger partial charge in [0, 0.05) is 92.6 Å². The fourth-order valence-corrected chi connectivity index (χ4v) is 8.89. The van der Waals surface area contributed by atoms with Crippen molar-refractivity contribution < 1.29 is 9.30 Å². The third-order valence-corrected chi connectivity index (χ3v) is 11.9. The minimum atomic E-state index is -2.72. The smallest absolute Gasteiger partial charge is 0.231 e. The van der Waals surface area contributed by atoms with E-state index in [0.29, 0.717) is 23.3 Å². The molecule has 0 spiro atoms. The van der Waals surface area contributed by atoms with Gasteiger partial charge in [0.1, 0.15) is 24.4 Å². The van der Waals surface area contributed by atoms with Crippen LogP contribution in [0.1, 0.15) is 30.0 Å². The number of nitrogens with one attached hydrogen (secondary N) is 3. The summed E-state index contributed by atoms with van der Waals surface area (Å²) in [7, 11) is 1.18. The van der Waals surface area contributed by atoms with Gasteiger partial charge >= 0.3 is 0 Å². The highest BCUT2D eigenvalue weighted by Gasteiger charge is 2.28. The number of H-pyrrole nitrogens is 1. The predicted molar refractivity (Wildman–Crippen MR) is 204 cm³/mol. The number of methoxy groups -OCH3 is 1. The molecule has 2 aromatic carbocycles. The number of hydrazine groups is 1. The number of hydrogen-bond acceptors (Lipinski definition) is 11. The normalized spacial score (nSPS) is 18.2. The molecule has 3 N–H and O–H groups in total. The topological polar surface area (TPSA) is 118 Å². The molecular formula is C37H47N10O2P. The van der Waals surface area contributed by atoms with Crippen LogP contribution in [0, 0.1) is 6.92 Å². The van der Waals surface area contributed by atoms with Crippen LogP contribution in [-0.4, -0.2) is 115 Å². The molecule has 3 aromatic heterocycles. The van der Waals surface area contributed by atoms with Gasteiger partial charge in [0.05, 0.1) is 29.4 Å². The highest BCUT2D eigenvalue weighted by atomic mass is 31.2. The lowest BCUT2D eigenvalue weighted by Crippen LogP contribution is -2.58. The Kier molecular flexibility index (Phi) is 8.67. The minimum absolute atomic E-state index is 0.419. The number of anilines is 5. The molecule has 0 unspecified atom stereocenters. The van der Waals surface area contributed by atoms with Gasteiger partial charge in [0.25, 0.3) is 0 Å². The second kappa shape index (κ2) is 13.2. The van der Waals surface area contributed by atoms with E-state index < -0.39 is 7.14 Å². The second-order valence-corrected chi connectivity index (χ2v) is 17.5. The maximum absolute atomic E-state index is 13.8. The molecule has 50 heavy (non-hydrogen) atoms. The van der Waals surface area contributed by atoms with E-state index in [9.17, 15) is 4.57 Å². The quantitative estimate of drug-likeness (QED) is 0.165. The Morgan fingerprint density at radius 3 is 2.28 bits per heavy atom. The van der Waals surface area contributed by atoms with Crippen molar-refractivity contribution in [2.45, 2.75) is 25.7 Å². The number of hydrogen-bond donors (Lipinski definition) is 3. The number of piperazine rings is 2. The zero-order valence-corrected chi connectivity index (χ0v) is 30.6. The Hall–Kier alpha value is -4.22. The number of nitrogens with zero attached hydrogens (tertiary/aromatic N) is 7. The molecule has 1 saturated carbocycles. The van der Waals surface area contributed by atoms with Gasteiger partial charge in [-0.1, -0.05) is 6.07 Å². The van der Waals surface area contributed by atoms with Gasteiger partial charge in [0.15, 0.2) is 0 Å². The molecule has 5 aromatic rings.